The summed E-state index contributed by atoms with van der Waals surface area (Å²) >= 11 is 0. The summed E-state index contributed by atoms with van der Waals surface area (Å²) in [4.78, 5) is 12.4. The second-order valence-corrected chi connectivity index (χ2v) is 9.36. The number of halogens is 2. The van der Waals surface area contributed by atoms with Gasteiger partial charge in [0.1, 0.15) is 5.75 Å². The quantitative estimate of drug-likeness (QED) is 0.166. The smallest absolute Gasteiger partial charge is 0.346 e. The lowest BCUT2D eigenvalue weighted by Crippen LogP contribution is -2.13. The number of hydrogen-bond acceptors (Lipinski definition) is 3. The first-order valence-corrected chi connectivity index (χ1v) is 13.0. The highest BCUT2D eigenvalue weighted by atomic mass is 19.2. The lowest BCUT2D eigenvalue weighted by Gasteiger charge is -2.22. The fraction of sp³-hybridized carbons (Fsp3) is 0.552. The average molecular weight is 473 g/mol. The molecule has 3 nitrogen and oxygen atoms in total. The molecule has 34 heavy (non-hydrogen) atoms. The van der Waals surface area contributed by atoms with Crippen LogP contribution in [-0.2, 0) is 0 Å². The minimum atomic E-state index is -1.24. The van der Waals surface area contributed by atoms with Gasteiger partial charge in [0.2, 0.25) is 5.82 Å². The van der Waals surface area contributed by atoms with Crippen LogP contribution in [0.4, 0.5) is 8.78 Å². The Labute approximate surface area is 202 Å². The third-order valence-corrected chi connectivity index (χ3v) is 6.69. The molecule has 3 rings (SSSR count). The van der Waals surface area contributed by atoms with E-state index in [-0.39, 0.29) is 5.75 Å². The zero-order valence-electron chi connectivity index (χ0n) is 20.4. The highest BCUT2D eigenvalue weighted by Gasteiger charge is 2.21. The van der Waals surface area contributed by atoms with E-state index in [4.69, 9.17) is 9.47 Å². The van der Waals surface area contributed by atoms with Gasteiger partial charge in [-0.1, -0.05) is 83.3 Å². The predicted molar refractivity (Wildman–Crippen MR) is 132 cm³/mol. The summed E-state index contributed by atoms with van der Waals surface area (Å²) in [7, 11) is 0. The van der Waals surface area contributed by atoms with Crippen LogP contribution < -0.4 is 9.47 Å². The van der Waals surface area contributed by atoms with Crippen molar-refractivity contribution in [1.82, 2.24) is 0 Å². The molecule has 2 aromatic carbocycles. The zero-order chi connectivity index (χ0) is 24.2. The highest BCUT2D eigenvalue weighted by molar-refractivity contribution is 5.91. The number of carbonyl (C=O) groups is 1. The SMILES string of the molecule is CCCCCCCCCCOc1ccc(C(=O)Oc2ccc(C3CCCCC3)cc2)c(F)c1F. The molecule has 0 atom stereocenters. The molecule has 0 bridgehead atoms. The van der Waals surface area contributed by atoms with Crippen molar-refractivity contribution in [3.63, 3.8) is 0 Å². The number of unbranched alkanes of at least 4 members (excludes halogenated alkanes) is 7. The summed E-state index contributed by atoms with van der Waals surface area (Å²) < 4.78 is 39.7. The fourth-order valence-electron chi connectivity index (χ4n) is 4.62. The number of hydrogen-bond donors (Lipinski definition) is 0. The molecule has 5 heteroatoms. The maximum absolute atomic E-state index is 14.5. The Bertz CT molecular complexity index is 889. The molecule has 186 valence electrons. The van der Waals surface area contributed by atoms with Gasteiger partial charge in [0.15, 0.2) is 11.6 Å². The van der Waals surface area contributed by atoms with E-state index in [1.54, 1.807) is 12.1 Å². The lowest BCUT2D eigenvalue weighted by atomic mass is 9.84. The Morgan fingerprint density at radius 3 is 2.15 bits per heavy atom. The van der Waals surface area contributed by atoms with Crippen LogP contribution in [0.3, 0.4) is 0 Å². The number of carbonyl (C=O) groups excluding carboxylic acids is 1. The zero-order valence-corrected chi connectivity index (χ0v) is 20.4. The van der Waals surface area contributed by atoms with E-state index in [1.165, 1.54) is 81.9 Å². The highest BCUT2D eigenvalue weighted by Crippen LogP contribution is 2.33. The fourth-order valence-corrected chi connectivity index (χ4v) is 4.62. The van der Waals surface area contributed by atoms with Crippen molar-refractivity contribution in [3.05, 3.63) is 59.2 Å². The van der Waals surface area contributed by atoms with Gasteiger partial charge in [-0.3, -0.25) is 0 Å². The van der Waals surface area contributed by atoms with Crippen LogP contribution in [-0.4, -0.2) is 12.6 Å². The molecule has 0 aliphatic heterocycles. The van der Waals surface area contributed by atoms with Gasteiger partial charge in [-0.15, -0.1) is 0 Å². The standard InChI is InChI=1S/C29H38F2O3/c1-2-3-4-5-6-7-8-12-21-33-26-20-19-25(27(30)28(26)31)29(32)34-24-17-15-23(16-18-24)22-13-10-9-11-14-22/h15-20,22H,2-14,21H2,1H3. The van der Waals surface area contributed by atoms with Crippen molar-refractivity contribution in [2.24, 2.45) is 0 Å². The first-order valence-electron chi connectivity index (χ1n) is 13.0. The van der Waals surface area contributed by atoms with E-state index in [1.807, 2.05) is 12.1 Å². The van der Waals surface area contributed by atoms with Crippen molar-refractivity contribution >= 4 is 5.97 Å². The molecule has 2 aromatic rings. The number of benzene rings is 2. The van der Waals surface area contributed by atoms with E-state index in [2.05, 4.69) is 6.92 Å². The van der Waals surface area contributed by atoms with Gasteiger partial charge in [0.25, 0.3) is 0 Å². The number of ether oxygens (including phenoxy) is 2. The average Bonchev–Trinajstić information content (AvgIpc) is 2.86. The summed E-state index contributed by atoms with van der Waals surface area (Å²) in [5.41, 5.74) is 0.794. The monoisotopic (exact) mass is 472 g/mol. The number of esters is 1. The summed E-state index contributed by atoms with van der Waals surface area (Å²) in [6, 6.07) is 9.87. The molecule has 1 saturated carbocycles. The van der Waals surface area contributed by atoms with Crippen molar-refractivity contribution in [1.29, 1.82) is 0 Å². The number of rotatable bonds is 13. The van der Waals surface area contributed by atoms with Gasteiger partial charge >= 0.3 is 5.97 Å². The molecule has 0 amide bonds. The third kappa shape index (κ3) is 7.82. The Balaban J connectivity index is 1.46. The van der Waals surface area contributed by atoms with E-state index in [0.29, 0.717) is 18.3 Å². The summed E-state index contributed by atoms with van der Waals surface area (Å²) in [6.07, 6.45) is 15.3. The second-order valence-electron chi connectivity index (χ2n) is 9.36. The van der Waals surface area contributed by atoms with Crippen LogP contribution in [0.25, 0.3) is 0 Å². The van der Waals surface area contributed by atoms with Crippen LogP contribution in [0, 0.1) is 11.6 Å². The van der Waals surface area contributed by atoms with Gasteiger partial charge in [0.05, 0.1) is 12.2 Å². The molecule has 1 aliphatic carbocycles. The Kier molecular flexibility index (Phi) is 10.8. The molecule has 0 saturated heterocycles. The van der Waals surface area contributed by atoms with Gasteiger partial charge in [-0.05, 0) is 55.0 Å². The van der Waals surface area contributed by atoms with E-state index in [9.17, 15) is 13.6 Å². The molecule has 0 N–H and O–H groups in total. The Hall–Kier alpha value is -2.43. The molecule has 1 fully saturated rings. The van der Waals surface area contributed by atoms with Crippen LogP contribution >= 0.6 is 0 Å². The molecular weight excluding hydrogens is 434 g/mol. The van der Waals surface area contributed by atoms with Gasteiger partial charge in [0, 0.05) is 0 Å². The second kappa shape index (κ2) is 14.1. The predicted octanol–water partition coefficient (Wildman–Crippen LogP) is 8.75. The molecule has 0 aromatic heterocycles. The van der Waals surface area contributed by atoms with Crippen molar-refractivity contribution < 1.29 is 23.0 Å². The van der Waals surface area contributed by atoms with E-state index >= 15 is 0 Å². The van der Waals surface area contributed by atoms with Gasteiger partial charge < -0.3 is 9.47 Å². The molecule has 0 heterocycles. The van der Waals surface area contributed by atoms with Crippen LogP contribution in [0.2, 0.25) is 0 Å². The minimum Gasteiger partial charge on any atom is -0.490 e. The van der Waals surface area contributed by atoms with Crippen LogP contribution in [0.1, 0.15) is 112 Å². The molecule has 1 aliphatic rings. The minimum absolute atomic E-state index is 0.172. The van der Waals surface area contributed by atoms with Crippen molar-refractivity contribution in [2.45, 2.75) is 96.3 Å². The molecule has 0 unspecified atom stereocenters. The maximum Gasteiger partial charge on any atom is 0.346 e. The van der Waals surface area contributed by atoms with Gasteiger partial charge in [-0.2, -0.15) is 4.39 Å². The first-order chi connectivity index (χ1) is 16.6. The van der Waals surface area contributed by atoms with E-state index in [0.717, 1.165) is 19.3 Å². The van der Waals surface area contributed by atoms with E-state index < -0.39 is 23.2 Å². The Morgan fingerprint density at radius 2 is 1.47 bits per heavy atom. The summed E-state index contributed by atoms with van der Waals surface area (Å²) in [6.45, 7) is 2.52. The first kappa shape index (κ1) is 26.2. The molecule has 0 radical (unpaired) electrons. The summed E-state index contributed by atoms with van der Waals surface area (Å²) in [5.74, 6) is -2.62. The summed E-state index contributed by atoms with van der Waals surface area (Å²) in [5, 5.41) is 0. The maximum atomic E-state index is 14.5. The molecule has 0 spiro atoms. The van der Waals surface area contributed by atoms with Crippen molar-refractivity contribution in [3.8, 4) is 11.5 Å². The largest absolute Gasteiger partial charge is 0.490 e. The topological polar surface area (TPSA) is 35.5 Å². The molecular formula is C29H38F2O3. The van der Waals surface area contributed by atoms with Crippen LogP contribution in [0.15, 0.2) is 36.4 Å². The normalized spacial score (nSPS) is 14.2. The lowest BCUT2D eigenvalue weighted by molar-refractivity contribution is 0.0728. The Morgan fingerprint density at radius 1 is 0.824 bits per heavy atom. The van der Waals surface area contributed by atoms with Crippen molar-refractivity contribution in [2.75, 3.05) is 6.61 Å². The third-order valence-electron chi connectivity index (χ3n) is 6.69. The van der Waals surface area contributed by atoms with Gasteiger partial charge in [-0.25, -0.2) is 9.18 Å². The van der Waals surface area contributed by atoms with Crippen LogP contribution in [0.5, 0.6) is 11.5 Å².